The van der Waals surface area contributed by atoms with Gasteiger partial charge in [0.1, 0.15) is 23.7 Å². The molecule has 2 N–H and O–H groups in total. The molecule has 0 bridgehead atoms. The number of ether oxygens (including phenoxy) is 2. The highest BCUT2D eigenvalue weighted by molar-refractivity contribution is 14.1. The smallest absolute Gasteiger partial charge is 0.317 e. The number of rotatable bonds is 6. The van der Waals surface area contributed by atoms with Crippen LogP contribution < -0.4 is 0 Å². The first-order valence-corrected chi connectivity index (χ1v) is 13.5. The first kappa shape index (κ1) is 32.9. The minimum Gasteiger partial charge on any atom is -0.448 e. The number of nitrogens with zero attached hydrogens (tertiary/aromatic N) is 2. The fraction of sp³-hybridized carbons (Fsp3) is 0.840. The number of ketones is 2. The first-order chi connectivity index (χ1) is 16.5. The second kappa shape index (κ2) is 13.6. The molecule has 0 amide bonds. The van der Waals surface area contributed by atoms with Gasteiger partial charge in [-0.1, -0.05) is 19.0 Å². The van der Waals surface area contributed by atoms with E-state index in [2.05, 4.69) is 5.16 Å². The molecule has 11 heteroatoms. The highest BCUT2D eigenvalue weighted by Crippen LogP contribution is 2.34. The van der Waals surface area contributed by atoms with Crippen molar-refractivity contribution in [3.05, 3.63) is 0 Å². The molecular formula is C25H43IN2O8. The number of Topliss-reactive ketones (excluding diaryl/α,β-unsaturated/α-hetero) is 2. The zero-order valence-corrected chi connectivity index (χ0v) is 25.1. The minimum absolute atomic E-state index is 0.144. The molecule has 1 saturated heterocycles. The molecule has 0 aliphatic carbocycles. The Kier molecular flexibility index (Phi) is 12.4. The van der Waals surface area contributed by atoms with Gasteiger partial charge in [0.15, 0.2) is 15.7 Å². The number of hydrogen-bond donors (Lipinski definition) is 2. The zero-order valence-electron chi connectivity index (χ0n) is 22.9. The van der Waals surface area contributed by atoms with Gasteiger partial charge in [0.25, 0.3) is 0 Å². The summed E-state index contributed by atoms with van der Waals surface area (Å²) in [6.45, 7) is 10.4. The molecule has 0 saturated carbocycles. The Labute approximate surface area is 228 Å². The van der Waals surface area contributed by atoms with Crippen molar-refractivity contribution in [2.45, 2.75) is 75.8 Å². The average Bonchev–Trinajstić information content (AvgIpc) is 2.82. The topological polar surface area (TPSA) is 135 Å². The number of aliphatic hydroxyl groups is 2. The molecule has 1 aliphatic rings. The normalized spacial score (nSPS) is 38.7. The van der Waals surface area contributed by atoms with Crippen LogP contribution in [0.2, 0.25) is 0 Å². The molecule has 0 spiro atoms. The predicted molar refractivity (Wildman–Crippen MR) is 144 cm³/mol. The Balaban J connectivity index is 3.51. The lowest BCUT2D eigenvalue weighted by Crippen LogP contribution is -2.55. The monoisotopic (exact) mass is 626 g/mol. The summed E-state index contributed by atoms with van der Waals surface area (Å²) in [5.74, 6) is -5.46. The molecule has 0 radical (unpaired) electrons. The molecule has 1 heterocycles. The molecular weight excluding hydrogens is 583 g/mol. The number of aliphatic hydroxyl groups excluding tert-OH is 1. The van der Waals surface area contributed by atoms with Gasteiger partial charge in [-0.25, -0.2) is 0 Å². The number of methoxy groups -OCH3 is 1. The Morgan fingerprint density at radius 1 is 1.14 bits per heavy atom. The third-order valence-corrected chi connectivity index (χ3v) is 8.52. The van der Waals surface area contributed by atoms with Crippen molar-refractivity contribution in [1.82, 2.24) is 4.90 Å². The van der Waals surface area contributed by atoms with E-state index in [1.54, 1.807) is 36.4 Å². The van der Waals surface area contributed by atoms with Crippen molar-refractivity contribution in [3.63, 3.8) is 0 Å². The van der Waals surface area contributed by atoms with Crippen LogP contribution in [0.25, 0.3) is 0 Å². The molecule has 1 aliphatic heterocycles. The molecule has 0 aromatic carbocycles. The molecule has 208 valence electrons. The van der Waals surface area contributed by atoms with Gasteiger partial charge in [-0.3, -0.25) is 14.4 Å². The highest BCUT2D eigenvalue weighted by Gasteiger charge is 2.48. The van der Waals surface area contributed by atoms with Gasteiger partial charge >= 0.3 is 5.97 Å². The second-order valence-electron chi connectivity index (χ2n) is 10.5. The van der Waals surface area contributed by atoms with E-state index in [-0.39, 0.29) is 6.42 Å². The molecule has 1 fully saturated rings. The fourth-order valence-electron chi connectivity index (χ4n) is 4.36. The lowest BCUT2D eigenvalue weighted by molar-refractivity contribution is -0.169. The van der Waals surface area contributed by atoms with Crippen LogP contribution in [-0.2, 0) is 28.7 Å². The summed E-state index contributed by atoms with van der Waals surface area (Å²) in [5.41, 5.74) is -2.82. The largest absolute Gasteiger partial charge is 0.448 e. The summed E-state index contributed by atoms with van der Waals surface area (Å²) in [4.78, 5) is 46.7. The third kappa shape index (κ3) is 7.92. The lowest BCUT2D eigenvalue weighted by Gasteiger charge is -2.39. The summed E-state index contributed by atoms with van der Waals surface area (Å²) in [5, 5.41) is 26.7. The number of esters is 1. The number of halogens is 1. The van der Waals surface area contributed by atoms with Crippen LogP contribution in [-0.4, -0.2) is 94.1 Å². The van der Waals surface area contributed by atoms with Crippen molar-refractivity contribution >= 4 is 45.8 Å². The predicted octanol–water partition coefficient (Wildman–Crippen LogP) is 2.22. The van der Waals surface area contributed by atoms with Crippen LogP contribution in [0.5, 0.6) is 0 Å². The maximum absolute atomic E-state index is 13.4. The summed E-state index contributed by atoms with van der Waals surface area (Å²) >= 11 is 1.72. The number of oxime groups is 1. The quantitative estimate of drug-likeness (QED) is 0.114. The SMILES string of the molecule is CO[C@]1(C)C[C@@H](C)/C(=N\OCCCN(C)C)[C@H](C)[C@@H](O)[C@](C)(O)[C@@H](I)OC(=O)[C@H](C)C(=O)[C@H](C)C1=O. The Morgan fingerprint density at radius 2 is 1.72 bits per heavy atom. The van der Waals surface area contributed by atoms with E-state index in [9.17, 15) is 24.6 Å². The molecule has 0 aromatic rings. The van der Waals surface area contributed by atoms with E-state index in [0.29, 0.717) is 12.3 Å². The zero-order chi connectivity index (χ0) is 28.0. The molecule has 36 heavy (non-hydrogen) atoms. The van der Waals surface area contributed by atoms with Crippen LogP contribution in [0.4, 0.5) is 0 Å². The van der Waals surface area contributed by atoms with Gasteiger partial charge < -0.3 is 29.4 Å². The Hall–Kier alpha value is -1.15. The van der Waals surface area contributed by atoms with Crippen molar-refractivity contribution in [2.24, 2.45) is 28.8 Å². The van der Waals surface area contributed by atoms with Gasteiger partial charge in [0.05, 0.1) is 17.7 Å². The van der Waals surface area contributed by atoms with Crippen LogP contribution in [0.1, 0.15) is 54.4 Å². The lowest BCUT2D eigenvalue weighted by atomic mass is 9.76. The van der Waals surface area contributed by atoms with E-state index < -0.39 is 62.6 Å². The summed E-state index contributed by atoms with van der Waals surface area (Å²) in [7, 11) is 5.30. The van der Waals surface area contributed by atoms with E-state index in [4.69, 9.17) is 14.3 Å². The maximum atomic E-state index is 13.4. The molecule has 0 aromatic heterocycles. The second-order valence-corrected chi connectivity index (χ2v) is 11.6. The fourth-order valence-corrected chi connectivity index (χ4v) is 4.98. The summed E-state index contributed by atoms with van der Waals surface area (Å²) in [6, 6.07) is 0. The van der Waals surface area contributed by atoms with Crippen molar-refractivity contribution < 1.29 is 38.9 Å². The van der Waals surface area contributed by atoms with Crippen LogP contribution >= 0.6 is 22.6 Å². The third-order valence-electron chi connectivity index (χ3n) is 7.00. The van der Waals surface area contributed by atoms with Gasteiger partial charge in [-0.15, -0.1) is 0 Å². The van der Waals surface area contributed by atoms with Gasteiger partial charge in [0.2, 0.25) is 0 Å². The van der Waals surface area contributed by atoms with Gasteiger partial charge in [0, 0.05) is 25.5 Å². The van der Waals surface area contributed by atoms with Crippen LogP contribution in [0, 0.1) is 23.7 Å². The first-order valence-electron chi connectivity index (χ1n) is 12.2. The van der Waals surface area contributed by atoms with E-state index in [1.807, 2.05) is 25.9 Å². The maximum Gasteiger partial charge on any atom is 0.317 e. The van der Waals surface area contributed by atoms with Crippen molar-refractivity contribution in [3.8, 4) is 0 Å². The van der Waals surface area contributed by atoms with E-state index >= 15 is 0 Å². The number of alkyl halides is 1. The van der Waals surface area contributed by atoms with E-state index in [0.717, 1.165) is 13.0 Å². The van der Waals surface area contributed by atoms with Crippen molar-refractivity contribution in [1.29, 1.82) is 0 Å². The standard InChI is InChI=1S/C25H43IN2O8/c1-14-13-24(5,34-9)20(30)16(3)19(29)17(4)22(32)36-23(26)25(6,33)21(31)15(2)18(14)27-35-12-10-11-28(7)8/h14-17,21,23,31,33H,10-13H2,1-9H3/b27-18+/t14-,15+,16+,17-,21-,23+,24-,25+/m1/s1. The van der Waals surface area contributed by atoms with E-state index in [1.165, 1.54) is 27.9 Å². The molecule has 1 rings (SSSR count). The number of hydrogen-bond acceptors (Lipinski definition) is 10. The number of carbonyl (C=O) groups excluding carboxylic acids is 3. The van der Waals surface area contributed by atoms with Crippen LogP contribution in [0.3, 0.4) is 0 Å². The number of carbonyl (C=O) groups is 3. The molecule has 8 atom stereocenters. The average molecular weight is 627 g/mol. The Morgan fingerprint density at radius 3 is 2.25 bits per heavy atom. The number of cyclic esters (lactones) is 1. The summed E-state index contributed by atoms with van der Waals surface area (Å²) in [6.07, 6.45) is -0.535. The Bertz CT molecular complexity index is 818. The van der Waals surface area contributed by atoms with Gasteiger partial charge in [-0.2, -0.15) is 0 Å². The highest BCUT2D eigenvalue weighted by atomic mass is 127. The van der Waals surface area contributed by atoms with Crippen molar-refractivity contribution in [2.75, 3.05) is 34.4 Å². The summed E-state index contributed by atoms with van der Waals surface area (Å²) < 4.78 is 9.80. The minimum atomic E-state index is -1.88. The van der Waals surface area contributed by atoms with Gasteiger partial charge in [-0.05, 0) is 77.2 Å². The van der Waals surface area contributed by atoms with Crippen LogP contribution in [0.15, 0.2) is 5.16 Å². The molecule has 10 nitrogen and oxygen atoms in total. The molecule has 0 unspecified atom stereocenters.